The Morgan fingerprint density at radius 1 is 1.19 bits per heavy atom. The van der Waals surface area contributed by atoms with E-state index in [0.29, 0.717) is 0 Å². The second kappa shape index (κ2) is 9.77. The average Bonchev–Trinajstić information content (AvgIpc) is 2.87. The van der Waals surface area contributed by atoms with E-state index in [2.05, 4.69) is 60.3 Å². The normalized spacial score (nSPS) is 25.8. The van der Waals surface area contributed by atoms with E-state index < -0.39 is 0 Å². The van der Waals surface area contributed by atoms with Crippen molar-refractivity contribution in [2.45, 2.75) is 92.9 Å². The quantitative estimate of drug-likeness (QED) is 0.364. The molecule has 146 valence electrons. The van der Waals surface area contributed by atoms with E-state index in [-0.39, 0.29) is 0 Å². The van der Waals surface area contributed by atoms with Crippen molar-refractivity contribution in [1.82, 2.24) is 0 Å². The molecule has 2 rings (SSSR count). The zero-order chi connectivity index (χ0) is 19.3. The topological polar surface area (TPSA) is 0 Å². The van der Waals surface area contributed by atoms with Crippen LogP contribution in [-0.2, 0) is 0 Å². The van der Waals surface area contributed by atoms with Crippen LogP contribution in [0.4, 0.5) is 0 Å². The largest absolute Gasteiger partial charge is 0.100 e. The van der Waals surface area contributed by atoms with E-state index in [4.69, 9.17) is 0 Å². The summed E-state index contributed by atoms with van der Waals surface area (Å²) in [6.07, 6.45) is 15.3. The number of hydrogen-bond acceptors (Lipinski definition) is 0. The van der Waals surface area contributed by atoms with Gasteiger partial charge in [-0.1, -0.05) is 69.1 Å². The van der Waals surface area contributed by atoms with Gasteiger partial charge < -0.3 is 0 Å². The summed E-state index contributed by atoms with van der Waals surface area (Å²) >= 11 is 0. The molecule has 0 radical (unpaired) electrons. The fourth-order valence-electron chi connectivity index (χ4n) is 5.15. The molecule has 2 aliphatic rings. The predicted octanol–water partition coefficient (Wildman–Crippen LogP) is 8.42. The molecule has 0 nitrogen and oxygen atoms in total. The molecule has 0 aromatic rings. The lowest BCUT2D eigenvalue weighted by Gasteiger charge is -2.20. The third-order valence-electron chi connectivity index (χ3n) is 6.74. The Kier molecular flexibility index (Phi) is 7.99. The SMILES string of the molecule is C=C(C)C[C@@H](C)CC[C@H](C)/C(=C/CC1=CC2=C(CC1)C(C)CC2C)CC. The van der Waals surface area contributed by atoms with Crippen molar-refractivity contribution in [1.29, 1.82) is 0 Å². The lowest BCUT2D eigenvalue weighted by atomic mass is 9.86. The Hall–Kier alpha value is -1.04. The highest BCUT2D eigenvalue weighted by molar-refractivity contribution is 5.40. The molecule has 0 fully saturated rings. The summed E-state index contributed by atoms with van der Waals surface area (Å²) in [6, 6.07) is 0. The van der Waals surface area contributed by atoms with Crippen LogP contribution in [0.25, 0.3) is 0 Å². The Balaban J connectivity index is 1.92. The molecule has 4 atom stereocenters. The first-order valence-corrected chi connectivity index (χ1v) is 11.1. The number of hydrogen-bond donors (Lipinski definition) is 0. The lowest BCUT2D eigenvalue weighted by Crippen LogP contribution is -2.04. The molecule has 0 spiro atoms. The molecule has 0 heteroatoms. The van der Waals surface area contributed by atoms with Crippen molar-refractivity contribution in [3.05, 3.63) is 46.6 Å². The van der Waals surface area contributed by atoms with Gasteiger partial charge in [-0.25, -0.2) is 0 Å². The molecular weight excluding hydrogens is 312 g/mol. The summed E-state index contributed by atoms with van der Waals surface area (Å²) in [5.41, 5.74) is 8.11. The molecule has 0 aromatic heterocycles. The summed E-state index contributed by atoms with van der Waals surface area (Å²) < 4.78 is 0. The Bertz CT molecular complexity index is 583. The first-order chi connectivity index (χ1) is 12.3. The van der Waals surface area contributed by atoms with Crippen LogP contribution in [0.15, 0.2) is 46.6 Å². The van der Waals surface area contributed by atoms with Gasteiger partial charge in [0.05, 0.1) is 0 Å². The molecule has 26 heavy (non-hydrogen) atoms. The molecule has 0 bridgehead atoms. The molecule has 0 amide bonds. The predicted molar refractivity (Wildman–Crippen MR) is 117 cm³/mol. The van der Waals surface area contributed by atoms with Crippen molar-refractivity contribution >= 4 is 0 Å². The smallest absolute Gasteiger partial charge is 0.0133 e. The highest BCUT2D eigenvalue weighted by Gasteiger charge is 2.28. The van der Waals surface area contributed by atoms with Gasteiger partial charge in [0.15, 0.2) is 0 Å². The monoisotopic (exact) mass is 354 g/mol. The summed E-state index contributed by atoms with van der Waals surface area (Å²) in [6.45, 7) is 18.2. The second-order valence-corrected chi connectivity index (χ2v) is 9.40. The van der Waals surface area contributed by atoms with Crippen molar-refractivity contribution in [3.63, 3.8) is 0 Å². The van der Waals surface area contributed by atoms with Crippen LogP contribution in [0.2, 0.25) is 0 Å². The molecule has 0 heterocycles. The first-order valence-electron chi connectivity index (χ1n) is 11.1. The van der Waals surface area contributed by atoms with Crippen molar-refractivity contribution < 1.29 is 0 Å². The van der Waals surface area contributed by atoms with Gasteiger partial charge >= 0.3 is 0 Å². The molecule has 2 unspecified atom stereocenters. The van der Waals surface area contributed by atoms with Gasteiger partial charge in [0.25, 0.3) is 0 Å². The lowest BCUT2D eigenvalue weighted by molar-refractivity contribution is 0.453. The van der Waals surface area contributed by atoms with Gasteiger partial charge in [-0.05, 0) is 87.5 Å². The minimum atomic E-state index is 0.719. The van der Waals surface area contributed by atoms with E-state index in [0.717, 1.165) is 23.7 Å². The van der Waals surface area contributed by atoms with Crippen LogP contribution in [0.3, 0.4) is 0 Å². The van der Waals surface area contributed by atoms with E-state index in [9.17, 15) is 0 Å². The fraction of sp³-hybridized carbons (Fsp3) is 0.692. The zero-order valence-corrected chi connectivity index (χ0v) is 18.3. The summed E-state index contributed by atoms with van der Waals surface area (Å²) in [5, 5.41) is 0. The third kappa shape index (κ3) is 5.73. The maximum Gasteiger partial charge on any atom is -0.0133 e. The maximum atomic E-state index is 4.07. The van der Waals surface area contributed by atoms with Crippen LogP contribution in [0.1, 0.15) is 92.9 Å². The molecule has 2 aliphatic carbocycles. The van der Waals surface area contributed by atoms with Crippen LogP contribution in [0, 0.1) is 23.7 Å². The highest BCUT2D eigenvalue weighted by atomic mass is 14.3. The Labute approximate surface area is 163 Å². The van der Waals surface area contributed by atoms with Gasteiger partial charge in [0.1, 0.15) is 0 Å². The molecule has 0 saturated heterocycles. The standard InChI is InChI=1S/C26H42/c1-8-24(20(5)10-9-19(4)15-18(2)3)13-11-23-12-14-25-21(6)16-22(7)26(25)17-23/h13,17,19-22H,2,8-12,14-16H2,1,3-7H3/b24-13+/t19-,20-,21?,22?/m0/s1. The van der Waals surface area contributed by atoms with E-state index in [1.54, 1.807) is 22.3 Å². The molecule has 0 aromatic carbocycles. The zero-order valence-electron chi connectivity index (χ0n) is 18.3. The van der Waals surface area contributed by atoms with E-state index >= 15 is 0 Å². The van der Waals surface area contributed by atoms with Crippen LogP contribution in [-0.4, -0.2) is 0 Å². The number of allylic oxidation sites excluding steroid dienone is 7. The summed E-state index contributed by atoms with van der Waals surface area (Å²) in [7, 11) is 0. The van der Waals surface area contributed by atoms with Gasteiger partial charge in [-0.15, -0.1) is 6.58 Å². The maximum absolute atomic E-state index is 4.07. The Morgan fingerprint density at radius 2 is 1.92 bits per heavy atom. The van der Waals surface area contributed by atoms with Gasteiger partial charge in [-0.2, -0.15) is 0 Å². The van der Waals surface area contributed by atoms with Crippen LogP contribution >= 0.6 is 0 Å². The van der Waals surface area contributed by atoms with Crippen molar-refractivity contribution in [3.8, 4) is 0 Å². The van der Waals surface area contributed by atoms with Crippen molar-refractivity contribution in [2.75, 3.05) is 0 Å². The van der Waals surface area contributed by atoms with Gasteiger partial charge in [-0.3, -0.25) is 0 Å². The summed E-state index contributed by atoms with van der Waals surface area (Å²) in [5.74, 6) is 3.08. The van der Waals surface area contributed by atoms with Crippen LogP contribution < -0.4 is 0 Å². The molecule has 0 saturated carbocycles. The minimum Gasteiger partial charge on any atom is -0.100 e. The Morgan fingerprint density at radius 3 is 2.58 bits per heavy atom. The van der Waals surface area contributed by atoms with E-state index in [1.165, 1.54) is 56.9 Å². The fourth-order valence-corrected chi connectivity index (χ4v) is 5.15. The van der Waals surface area contributed by atoms with Gasteiger partial charge in [0.2, 0.25) is 0 Å². The second-order valence-electron chi connectivity index (χ2n) is 9.40. The van der Waals surface area contributed by atoms with Crippen LogP contribution in [0.5, 0.6) is 0 Å². The minimum absolute atomic E-state index is 0.719. The average molecular weight is 355 g/mol. The van der Waals surface area contributed by atoms with Crippen molar-refractivity contribution in [2.24, 2.45) is 23.7 Å². The molecular formula is C26H42. The molecule has 0 aliphatic heterocycles. The summed E-state index contributed by atoms with van der Waals surface area (Å²) in [4.78, 5) is 0. The molecule has 0 N–H and O–H groups in total. The number of rotatable bonds is 9. The third-order valence-corrected chi connectivity index (χ3v) is 6.74. The van der Waals surface area contributed by atoms with Gasteiger partial charge in [0, 0.05) is 0 Å². The van der Waals surface area contributed by atoms with E-state index in [1.807, 2.05) is 0 Å². The highest BCUT2D eigenvalue weighted by Crippen LogP contribution is 2.43. The first kappa shape index (κ1) is 21.3.